The molecule has 154 valence electrons. The van der Waals surface area contributed by atoms with Gasteiger partial charge in [0.05, 0.1) is 35.9 Å². The monoisotopic (exact) mass is 424 g/mol. The average Bonchev–Trinajstić information content (AvgIpc) is 2.99. The fourth-order valence-corrected chi connectivity index (χ4v) is 4.39. The number of nitrogens with one attached hydrogen (secondary N) is 1. The molecular weight excluding hydrogens is 404 g/mol. The summed E-state index contributed by atoms with van der Waals surface area (Å²) in [6.07, 6.45) is 4.45. The van der Waals surface area contributed by atoms with Gasteiger partial charge in [0.15, 0.2) is 0 Å². The van der Waals surface area contributed by atoms with E-state index in [0.29, 0.717) is 22.9 Å². The molecule has 3 atom stereocenters. The number of hydrogen-bond donors (Lipinski definition) is 1. The zero-order valence-electron chi connectivity index (χ0n) is 16.6. The first kappa shape index (κ1) is 20.2. The molecule has 30 heavy (non-hydrogen) atoms. The Bertz CT molecular complexity index is 1060. The zero-order valence-corrected chi connectivity index (χ0v) is 17.3. The number of allylic oxidation sites excluding steroid dienone is 2. The Morgan fingerprint density at radius 1 is 1.17 bits per heavy atom. The maximum absolute atomic E-state index is 13.1. The maximum Gasteiger partial charge on any atom is 0.257 e. The predicted octanol–water partition coefficient (Wildman–Crippen LogP) is 4.30. The summed E-state index contributed by atoms with van der Waals surface area (Å²) in [5, 5.41) is 3.21. The third kappa shape index (κ3) is 3.37. The molecule has 6 nitrogen and oxygen atoms in total. The van der Waals surface area contributed by atoms with E-state index >= 15 is 0 Å². The van der Waals surface area contributed by atoms with Gasteiger partial charge in [0.25, 0.3) is 5.91 Å². The number of rotatable bonds is 4. The number of imide groups is 1. The summed E-state index contributed by atoms with van der Waals surface area (Å²) in [6, 6.07) is 11.5. The molecule has 1 fully saturated rings. The topological polar surface area (TPSA) is 75.7 Å². The minimum absolute atomic E-state index is 0.0260. The highest BCUT2D eigenvalue weighted by Crippen LogP contribution is 2.41. The summed E-state index contributed by atoms with van der Waals surface area (Å²) in [5.74, 6) is -1.35. The number of methoxy groups -OCH3 is 1. The summed E-state index contributed by atoms with van der Waals surface area (Å²) < 4.78 is 5.28. The van der Waals surface area contributed by atoms with E-state index in [1.807, 2.05) is 19.1 Å². The van der Waals surface area contributed by atoms with Crippen molar-refractivity contribution in [1.82, 2.24) is 0 Å². The van der Waals surface area contributed by atoms with Gasteiger partial charge in [0.1, 0.15) is 5.75 Å². The fraction of sp³-hybridized carbons (Fsp3) is 0.261. The summed E-state index contributed by atoms with van der Waals surface area (Å²) in [6.45, 7) is 1.94. The van der Waals surface area contributed by atoms with E-state index in [2.05, 4.69) is 5.32 Å². The van der Waals surface area contributed by atoms with Crippen LogP contribution in [-0.4, -0.2) is 24.8 Å². The van der Waals surface area contributed by atoms with Gasteiger partial charge in [-0.05, 0) is 42.7 Å². The third-order valence-corrected chi connectivity index (χ3v) is 5.91. The molecule has 4 rings (SSSR count). The minimum atomic E-state index is -0.465. The number of para-hydroxylation sites is 1. The molecule has 1 aliphatic heterocycles. The highest BCUT2D eigenvalue weighted by molar-refractivity contribution is 6.31. The second-order valence-corrected chi connectivity index (χ2v) is 7.92. The largest absolute Gasteiger partial charge is 0.495 e. The number of amides is 3. The van der Waals surface area contributed by atoms with E-state index in [4.69, 9.17) is 16.3 Å². The molecule has 0 aromatic heterocycles. The van der Waals surface area contributed by atoms with Crippen LogP contribution in [0.5, 0.6) is 5.75 Å². The van der Waals surface area contributed by atoms with Crippen molar-refractivity contribution in [2.45, 2.75) is 13.3 Å². The van der Waals surface area contributed by atoms with Crippen LogP contribution in [0.1, 0.15) is 23.7 Å². The zero-order chi connectivity index (χ0) is 21.4. The van der Waals surface area contributed by atoms with Crippen LogP contribution >= 0.6 is 11.6 Å². The Kier molecular flexibility index (Phi) is 5.35. The number of carbonyl (C=O) groups excluding carboxylic acids is 3. The first-order chi connectivity index (χ1) is 14.4. The number of hydrogen-bond acceptors (Lipinski definition) is 4. The van der Waals surface area contributed by atoms with Gasteiger partial charge in [-0.3, -0.25) is 14.4 Å². The van der Waals surface area contributed by atoms with E-state index in [9.17, 15) is 14.4 Å². The lowest BCUT2D eigenvalue weighted by Crippen LogP contribution is -2.33. The van der Waals surface area contributed by atoms with Crippen molar-refractivity contribution < 1.29 is 19.1 Å². The molecule has 3 amide bonds. The van der Waals surface area contributed by atoms with Crippen molar-refractivity contribution in [2.24, 2.45) is 17.8 Å². The lowest BCUT2D eigenvalue weighted by Gasteiger charge is -2.22. The van der Waals surface area contributed by atoms with Crippen LogP contribution in [0.25, 0.3) is 0 Å². The first-order valence-corrected chi connectivity index (χ1v) is 10.1. The average molecular weight is 425 g/mol. The van der Waals surface area contributed by atoms with Crippen LogP contribution in [0.4, 0.5) is 11.4 Å². The van der Waals surface area contributed by atoms with Crippen molar-refractivity contribution >= 4 is 40.7 Å². The van der Waals surface area contributed by atoms with Crippen LogP contribution in [0.15, 0.2) is 54.6 Å². The molecular formula is C23H21ClN2O4. The van der Waals surface area contributed by atoms with Gasteiger partial charge in [-0.2, -0.15) is 0 Å². The second-order valence-electron chi connectivity index (χ2n) is 7.48. The van der Waals surface area contributed by atoms with Crippen molar-refractivity contribution in [2.75, 3.05) is 17.3 Å². The summed E-state index contributed by atoms with van der Waals surface area (Å²) in [4.78, 5) is 40.5. The molecule has 1 heterocycles. The smallest absolute Gasteiger partial charge is 0.257 e. The highest BCUT2D eigenvalue weighted by atomic mass is 35.5. The molecule has 1 N–H and O–H groups in total. The number of nitrogens with zero attached hydrogens (tertiary/aromatic N) is 1. The minimum Gasteiger partial charge on any atom is -0.495 e. The number of benzene rings is 2. The lowest BCUT2D eigenvalue weighted by atomic mass is 9.78. The Morgan fingerprint density at radius 2 is 1.93 bits per heavy atom. The molecule has 0 radical (unpaired) electrons. The standard InChI is InChI=1S/C23H21ClN2O4/c1-13-6-5-8-16-20(13)23(29)26(22(16)28)18-9-4-3-7-15(18)21(27)25-17-12-14(24)10-11-19(17)30-2/h3-7,9-13,16,20H,8H2,1-2H3,(H,25,27)/t13-,16+,20-/m0/s1. The van der Waals surface area contributed by atoms with E-state index in [-0.39, 0.29) is 34.9 Å². The molecule has 1 saturated heterocycles. The Labute approximate surface area is 179 Å². The highest BCUT2D eigenvalue weighted by Gasteiger charge is 2.51. The molecule has 0 saturated carbocycles. The van der Waals surface area contributed by atoms with Gasteiger partial charge in [0, 0.05) is 5.02 Å². The Balaban J connectivity index is 1.69. The normalized spacial score (nSPS) is 22.8. The summed E-state index contributed by atoms with van der Waals surface area (Å²) >= 11 is 6.05. The number of anilines is 2. The van der Waals surface area contributed by atoms with Gasteiger partial charge in [-0.25, -0.2) is 4.90 Å². The number of fused-ring (bicyclic) bond motifs is 1. The molecule has 2 aliphatic rings. The van der Waals surface area contributed by atoms with E-state index in [1.165, 1.54) is 12.0 Å². The third-order valence-electron chi connectivity index (χ3n) is 5.67. The van der Waals surface area contributed by atoms with Gasteiger partial charge >= 0.3 is 0 Å². The van der Waals surface area contributed by atoms with Crippen LogP contribution in [-0.2, 0) is 9.59 Å². The van der Waals surface area contributed by atoms with Gasteiger partial charge in [0.2, 0.25) is 11.8 Å². The van der Waals surface area contributed by atoms with Crippen LogP contribution in [0, 0.1) is 17.8 Å². The van der Waals surface area contributed by atoms with Crippen molar-refractivity contribution in [1.29, 1.82) is 0 Å². The first-order valence-electron chi connectivity index (χ1n) is 9.70. The van der Waals surface area contributed by atoms with E-state index in [1.54, 1.807) is 42.5 Å². The van der Waals surface area contributed by atoms with Crippen LogP contribution in [0.2, 0.25) is 5.02 Å². The van der Waals surface area contributed by atoms with Crippen molar-refractivity contribution in [3.8, 4) is 5.75 Å². The molecule has 2 aromatic rings. The Hall–Kier alpha value is -3.12. The summed E-state index contributed by atoms with van der Waals surface area (Å²) in [7, 11) is 1.49. The molecule has 0 spiro atoms. The lowest BCUT2D eigenvalue weighted by molar-refractivity contribution is -0.122. The molecule has 7 heteroatoms. The number of halogens is 1. The Morgan fingerprint density at radius 3 is 2.67 bits per heavy atom. The number of carbonyl (C=O) groups is 3. The quantitative estimate of drug-likeness (QED) is 0.586. The van der Waals surface area contributed by atoms with Gasteiger partial charge < -0.3 is 10.1 Å². The SMILES string of the molecule is COc1ccc(Cl)cc1NC(=O)c1ccccc1N1C(=O)[C@H]2[C@@H](C)C=CC[C@H]2C1=O. The van der Waals surface area contributed by atoms with E-state index in [0.717, 1.165) is 0 Å². The predicted molar refractivity (Wildman–Crippen MR) is 115 cm³/mol. The van der Waals surface area contributed by atoms with Crippen molar-refractivity contribution in [3.63, 3.8) is 0 Å². The summed E-state index contributed by atoms with van der Waals surface area (Å²) in [5.41, 5.74) is 0.906. The maximum atomic E-state index is 13.1. The molecule has 2 aromatic carbocycles. The van der Waals surface area contributed by atoms with Crippen LogP contribution < -0.4 is 15.0 Å². The van der Waals surface area contributed by atoms with Crippen LogP contribution in [0.3, 0.4) is 0 Å². The van der Waals surface area contributed by atoms with Crippen molar-refractivity contribution in [3.05, 3.63) is 65.2 Å². The van der Waals surface area contributed by atoms with Gasteiger partial charge in [-0.1, -0.05) is 42.8 Å². The molecule has 0 bridgehead atoms. The second kappa shape index (κ2) is 7.95. The number of ether oxygens (including phenoxy) is 1. The van der Waals surface area contributed by atoms with E-state index < -0.39 is 11.8 Å². The van der Waals surface area contributed by atoms with Gasteiger partial charge in [-0.15, -0.1) is 0 Å². The fourth-order valence-electron chi connectivity index (χ4n) is 4.21. The molecule has 0 unspecified atom stereocenters. The molecule has 1 aliphatic carbocycles.